The number of phenolic OH excluding ortho intramolecular Hbond substituents is 1. The van der Waals surface area contributed by atoms with Gasteiger partial charge in [-0.05, 0) is 76.5 Å². The maximum absolute atomic E-state index is 13.1. The Morgan fingerprint density at radius 1 is 1.05 bits per heavy atom. The van der Waals surface area contributed by atoms with E-state index in [9.17, 15) is 14.7 Å². The molecule has 0 saturated carbocycles. The van der Waals surface area contributed by atoms with Gasteiger partial charge in [-0.2, -0.15) is 0 Å². The smallest absolute Gasteiger partial charge is 0.251 e. The van der Waals surface area contributed by atoms with Crippen molar-refractivity contribution in [2.75, 3.05) is 60.7 Å². The highest BCUT2D eigenvalue weighted by Crippen LogP contribution is 2.45. The van der Waals surface area contributed by atoms with Gasteiger partial charge in [0, 0.05) is 50.0 Å². The highest BCUT2D eigenvalue weighted by Gasteiger charge is 2.39. The van der Waals surface area contributed by atoms with Crippen molar-refractivity contribution in [2.45, 2.75) is 76.5 Å². The Bertz CT molecular complexity index is 1150. The minimum atomic E-state index is -0.467. The van der Waals surface area contributed by atoms with E-state index < -0.39 is 6.29 Å². The van der Waals surface area contributed by atoms with E-state index in [4.69, 9.17) is 14.2 Å². The summed E-state index contributed by atoms with van der Waals surface area (Å²) >= 11 is 0. The fraction of sp³-hybridized carbons (Fsp3) is 0.600. The highest BCUT2D eigenvalue weighted by atomic mass is 16.7. The first-order chi connectivity index (χ1) is 21.2. The number of carbonyl (C=O) groups is 2. The maximum atomic E-state index is 13.1. The zero-order chi connectivity index (χ0) is 32.0. The molecule has 244 valence electrons. The normalized spacial score (nSPS) is 15.7. The summed E-state index contributed by atoms with van der Waals surface area (Å²) in [5.41, 5.74) is 2.14. The van der Waals surface area contributed by atoms with Gasteiger partial charge in [-0.25, -0.2) is 0 Å². The summed E-state index contributed by atoms with van der Waals surface area (Å²) in [5, 5.41) is 13.9. The van der Waals surface area contributed by atoms with Crippen molar-refractivity contribution in [3.63, 3.8) is 0 Å². The number of unbranched alkanes of at least 4 members (excludes halogenated alkanes) is 1. The van der Waals surface area contributed by atoms with Crippen LogP contribution in [0.4, 0.5) is 0 Å². The summed E-state index contributed by atoms with van der Waals surface area (Å²) in [6, 6.07) is 15.6. The van der Waals surface area contributed by atoms with Gasteiger partial charge in [0.2, 0.25) is 5.91 Å². The molecule has 2 aromatic carbocycles. The SMILES string of the molecule is CCCC[C@@H](C)N(CC(OC)OC)C(=O)CCOCCCNC(=O)c1ccc(O)c(C2(c3ccccc3)CCN(C)CC2)c1. The van der Waals surface area contributed by atoms with Gasteiger partial charge < -0.3 is 34.4 Å². The lowest BCUT2D eigenvalue weighted by Crippen LogP contribution is -2.44. The van der Waals surface area contributed by atoms with Crippen LogP contribution in [0, 0.1) is 0 Å². The third-order valence-electron chi connectivity index (χ3n) is 8.85. The van der Waals surface area contributed by atoms with Crippen molar-refractivity contribution >= 4 is 11.8 Å². The first kappa shape index (κ1) is 35.5. The lowest BCUT2D eigenvalue weighted by Gasteiger charge is -2.42. The Kier molecular flexibility index (Phi) is 14.6. The van der Waals surface area contributed by atoms with Crippen molar-refractivity contribution in [2.24, 2.45) is 0 Å². The highest BCUT2D eigenvalue weighted by molar-refractivity contribution is 5.94. The number of benzene rings is 2. The number of likely N-dealkylation sites (tertiary alicyclic amines) is 1. The standard InChI is InChI=1S/C35H53N3O6/c1-6-7-12-27(2)38(26-33(42-4)43-5)32(40)17-24-44-23-11-20-36-34(41)28-15-16-31(39)30(25-28)35(18-21-37(3)22-19-35)29-13-9-8-10-14-29/h8-10,13-16,25,27,33,39H,6-7,11-12,17-24,26H2,1-5H3,(H,36,41)/t27-/m1/s1. The number of aromatic hydroxyl groups is 1. The topological polar surface area (TPSA) is 101 Å². The van der Waals surface area contributed by atoms with Crippen LogP contribution in [-0.4, -0.2) is 99.7 Å². The molecule has 1 atom stereocenters. The first-order valence-electron chi connectivity index (χ1n) is 16.0. The number of nitrogens with zero attached hydrogens (tertiary/aromatic N) is 2. The summed E-state index contributed by atoms with van der Waals surface area (Å²) in [7, 11) is 5.27. The molecule has 2 amide bonds. The quantitative estimate of drug-likeness (QED) is 0.182. The molecule has 1 heterocycles. The number of phenols is 1. The molecule has 1 saturated heterocycles. The van der Waals surface area contributed by atoms with Crippen molar-refractivity contribution in [1.29, 1.82) is 0 Å². The van der Waals surface area contributed by atoms with Gasteiger partial charge >= 0.3 is 0 Å². The first-order valence-corrected chi connectivity index (χ1v) is 16.0. The third-order valence-corrected chi connectivity index (χ3v) is 8.85. The number of ether oxygens (including phenoxy) is 3. The number of nitrogens with one attached hydrogen (secondary N) is 1. The summed E-state index contributed by atoms with van der Waals surface area (Å²) in [6.07, 6.45) is 5.21. The van der Waals surface area contributed by atoms with Gasteiger partial charge in [-0.1, -0.05) is 50.1 Å². The fourth-order valence-electron chi connectivity index (χ4n) is 6.00. The monoisotopic (exact) mass is 611 g/mol. The number of methoxy groups -OCH3 is 2. The zero-order valence-corrected chi connectivity index (χ0v) is 27.3. The molecule has 9 heteroatoms. The van der Waals surface area contributed by atoms with Crippen LogP contribution in [0.3, 0.4) is 0 Å². The van der Waals surface area contributed by atoms with Crippen molar-refractivity contribution in [1.82, 2.24) is 15.1 Å². The molecule has 0 unspecified atom stereocenters. The Balaban J connectivity index is 1.50. The Morgan fingerprint density at radius 2 is 1.75 bits per heavy atom. The van der Waals surface area contributed by atoms with Crippen molar-refractivity contribution in [3.05, 3.63) is 65.2 Å². The Morgan fingerprint density at radius 3 is 2.41 bits per heavy atom. The van der Waals surface area contributed by atoms with Gasteiger partial charge in [0.25, 0.3) is 5.91 Å². The number of hydrogen-bond acceptors (Lipinski definition) is 7. The van der Waals surface area contributed by atoms with Crippen molar-refractivity contribution < 1.29 is 28.9 Å². The van der Waals surface area contributed by atoms with Gasteiger partial charge in [-0.15, -0.1) is 0 Å². The molecule has 9 nitrogen and oxygen atoms in total. The van der Waals surface area contributed by atoms with Crippen LogP contribution in [0.5, 0.6) is 5.75 Å². The van der Waals surface area contributed by atoms with Gasteiger partial charge in [0.1, 0.15) is 5.75 Å². The Hall–Kier alpha value is -2.98. The molecule has 0 spiro atoms. The van der Waals surface area contributed by atoms with E-state index in [1.807, 2.05) is 29.2 Å². The average Bonchev–Trinajstić information content (AvgIpc) is 3.04. The minimum absolute atomic E-state index is 0.0158. The second kappa shape index (κ2) is 18.1. The van der Waals surface area contributed by atoms with Gasteiger partial charge in [-0.3, -0.25) is 9.59 Å². The van der Waals surface area contributed by atoms with E-state index in [1.54, 1.807) is 26.4 Å². The van der Waals surface area contributed by atoms with E-state index >= 15 is 0 Å². The summed E-state index contributed by atoms with van der Waals surface area (Å²) in [4.78, 5) is 30.2. The van der Waals surface area contributed by atoms with Crippen LogP contribution >= 0.6 is 0 Å². The third kappa shape index (κ3) is 9.76. The zero-order valence-electron chi connectivity index (χ0n) is 27.3. The number of piperidine rings is 1. The lowest BCUT2D eigenvalue weighted by atomic mass is 9.67. The second-order valence-electron chi connectivity index (χ2n) is 11.9. The van der Waals surface area contributed by atoms with E-state index in [2.05, 4.69) is 43.2 Å². The molecular weight excluding hydrogens is 558 g/mol. The van der Waals surface area contributed by atoms with Gasteiger partial charge in [0.15, 0.2) is 6.29 Å². The predicted octanol–water partition coefficient (Wildman–Crippen LogP) is 4.96. The predicted molar refractivity (Wildman–Crippen MR) is 173 cm³/mol. The molecule has 3 rings (SSSR count). The summed E-state index contributed by atoms with van der Waals surface area (Å²) in [6.45, 7) is 7.59. The van der Waals surface area contributed by atoms with E-state index in [0.717, 1.165) is 56.3 Å². The molecule has 2 N–H and O–H groups in total. The largest absolute Gasteiger partial charge is 0.508 e. The van der Waals surface area contributed by atoms with Gasteiger partial charge in [0.05, 0.1) is 19.6 Å². The second-order valence-corrected chi connectivity index (χ2v) is 11.9. The molecule has 0 bridgehead atoms. The van der Waals surface area contributed by atoms with Crippen LogP contribution < -0.4 is 5.32 Å². The van der Waals surface area contributed by atoms with Crippen LogP contribution in [-0.2, 0) is 24.4 Å². The number of carbonyl (C=O) groups excluding carboxylic acids is 2. The van der Waals surface area contributed by atoms with Crippen molar-refractivity contribution in [3.8, 4) is 5.75 Å². The summed E-state index contributed by atoms with van der Waals surface area (Å²) < 4.78 is 16.4. The number of hydrogen-bond donors (Lipinski definition) is 2. The molecular formula is C35H53N3O6. The molecule has 0 aromatic heterocycles. The van der Waals surface area contributed by atoms with E-state index in [1.165, 1.54) is 0 Å². The average molecular weight is 612 g/mol. The van der Waals surface area contributed by atoms with Crippen LogP contribution in [0.15, 0.2) is 48.5 Å². The molecule has 1 aliphatic heterocycles. The molecule has 0 aliphatic carbocycles. The minimum Gasteiger partial charge on any atom is -0.508 e. The fourth-order valence-corrected chi connectivity index (χ4v) is 6.00. The number of rotatable bonds is 18. The summed E-state index contributed by atoms with van der Waals surface area (Å²) in [5.74, 6) is 0.0540. The molecule has 1 fully saturated rings. The lowest BCUT2D eigenvalue weighted by molar-refractivity contribution is -0.150. The molecule has 0 radical (unpaired) electrons. The van der Waals surface area contributed by atoms with Crippen LogP contribution in [0.25, 0.3) is 0 Å². The van der Waals surface area contributed by atoms with Crippen LogP contribution in [0.1, 0.15) is 80.3 Å². The Labute approximate surface area is 263 Å². The van der Waals surface area contributed by atoms with Crippen LogP contribution in [0.2, 0.25) is 0 Å². The molecule has 2 aromatic rings. The maximum Gasteiger partial charge on any atom is 0.251 e. The molecule has 1 aliphatic rings. The number of amides is 2. The van der Waals surface area contributed by atoms with E-state index in [0.29, 0.717) is 38.3 Å². The molecule has 44 heavy (non-hydrogen) atoms. The van der Waals surface area contributed by atoms with E-state index in [-0.39, 0.29) is 35.4 Å².